The van der Waals surface area contributed by atoms with Gasteiger partial charge in [0.05, 0.1) is 0 Å². The fourth-order valence-electron chi connectivity index (χ4n) is 1.95. The molecule has 112 valence electrons. The SMILES string of the molecule is CCCc1ccc(NC(=O)c2sc(NCC)nc2N)cc1. The molecule has 2 aromatic rings. The first-order chi connectivity index (χ1) is 10.1. The molecule has 0 fully saturated rings. The van der Waals surface area contributed by atoms with E-state index in [0.717, 1.165) is 25.1 Å². The van der Waals surface area contributed by atoms with Crippen LogP contribution in [0.25, 0.3) is 0 Å². The van der Waals surface area contributed by atoms with Gasteiger partial charge in [-0.05, 0) is 31.0 Å². The molecule has 1 amide bonds. The number of aryl methyl sites for hydroxylation is 1. The molecule has 5 nitrogen and oxygen atoms in total. The third kappa shape index (κ3) is 3.95. The standard InChI is InChI=1S/C15H20N4OS/c1-3-5-10-6-8-11(9-7-10)18-14(20)12-13(16)19-15(21-12)17-4-2/h6-9H,3-5,16H2,1-2H3,(H,17,19)(H,18,20). The third-order valence-electron chi connectivity index (χ3n) is 2.94. The molecule has 0 aliphatic heterocycles. The van der Waals surface area contributed by atoms with Crippen molar-refractivity contribution in [2.45, 2.75) is 26.7 Å². The highest BCUT2D eigenvalue weighted by Crippen LogP contribution is 2.25. The first kappa shape index (κ1) is 15.3. The van der Waals surface area contributed by atoms with Gasteiger partial charge in [-0.2, -0.15) is 0 Å². The number of anilines is 3. The minimum absolute atomic E-state index is 0.225. The third-order valence-corrected chi connectivity index (χ3v) is 3.97. The van der Waals surface area contributed by atoms with Gasteiger partial charge in [0.15, 0.2) is 5.13 Å². The van der Waals surface area contributed by atoms with Gasteiger partial charge in [-0.3, -0.25) is 4.79 Å². The number of carbonyl (C=O) groups is 1. The van der Waals surface area contributed by atoms with Crippen LogP contribution in [0.1, 0.15) is 35.5 Å². The van der Waals surface area contributed by atoms with Gasteiger partial charge in [-0.1, -0.05) is 36.8 Å². The Morgan fingerprint density at radius 3 is 2.62 bits per heavy atom. The number of thiazole rings is 1. The summed E-state index contributed by atoms with van der Waals surface area (Å²) in [4.78, 5) is 16.8. The van der Waals surface area contributed by atoms with Crippen molar-refractivity contribution < 1.29 is 4.79 Å². The fraction of sp³-hybridized carbons (Fsp3) is 0.333. The van der Waals surface area contributed by atoms with E-state index in [1.165, 1.54) is 16.9 Å². The quantitative estimate of drug-likeness (QED) is 0.764. The predicted molar refractivity (Wildman–Crippen MR) is 89.1 cm³/mol. The normalized spacial score (nSPS) is 10.4. The van der Waals surface area contributed by atoms with Crippen LogP contribution in [0.2, 0.25) is 0 Å². The number of carbonyl (C=O) groups excluding carboxylic acids is 1. The second kappa shape index (κ2) is 7.08. The summed E-state index contributed by atoms with van der Waals surface area (Å²) in [5.74, 6) is 0.0356. The molecule has 0 bridgehead atoms. The summed E-state index contributed by atoms with van der Waals surface area (Å²) in [5.41, 5.74) is 7.82. The second-order valence-electron chi connectivity index (χ2n) is 4.66. The summed E-state index contributed by atoms with van der Waals surface area (Å²) in [6.07, 6.45) is 2.15. The molecule has 2 rings (SSSR count). The maximum atomic E-state index is 12.2. The van der Waals surface area contributed by atoms with Gasteiger partial charge in [0.1, 0.15) is 10.7 Å². The van der Waals surface area contributed by atoms with E-state index in [-0.39, 0.29) is 11.7 Å². The molecule has 0 aliphatic rings. The topological polar surface area (TPSA) is 80.0 Å². The largest absolute Gasteiger partial charge is 0.382 e. The van der Waals surface area contributed by atoms with E-state index >= 15 is 0 Å². The van der Waals surface area contributed by atoms with E-state index in [4.69, 9.17) is 5.73 Å². The lowest BCUT2D eigenvalue weighted by molar-refractivity contribution is 0.103. The Morgan fingerprint density at radius 2 is 2.00 bits per heavy atom. The van der Waals surface area contributed by atoms with Crippen LogP contribution in [0.4, 0.5) is 16.6 Å². The van der Waals surface area contributed by atoms with Crippen molar-refractivity contribution in [1.82, 2.24) is 4.98 Å². The molecule has 0 aliphatic carbocycles. The molecule has 0 spiro atoms. The molecule has 6 heteroatoms. The number of aromatic nitrogens is 1. The molecule has 0 radical (unpaired) electrons. The molecule has 0 atom stereocenters. The van der Waals surface area contributed by atoms with Crippen LogP contribution in [0, 0.1) is 0 Å². The average Bonchev–Trinajstić information content (AvgIpc) is 2.83. The summed E-state index contributed by atoms with van der Waals surface area (Å²) < 4.78 is 0. The van der Waals surface area contributed by atoms with Crippen molar-refractivity contribution in [3.8, 4) is 0 Å². The zero-order valence-corrected chi connectivity index (χ0v) is 13.1. The van der Waals surface area contributed by atoms with Gasteiger partial charge in [-0.15, -0.1) is 0 Å². The van der Waals surface area contributed by atoms with E-state index in [9.17, 15) is 4.79 Å². The van der Waals surface area contributed by atoms with Gasteiger partial charge in [-0.25, -0.2) is 4.98 Å². The Morgan fingerprint density at radius 1 is 1.29 bits per heavy atom. The lowest BCUT2D eigenvalue weighted by Gasteiger charge is -2.05. The number of nitrogens with two attached hydrogens (primary N) is 1. The number of hydrogen-bond donors (Lipinski definition) is 3. The lowest BCUT2D eigenvalue weighted by atomic mass is 10.1. The van der Waals surface area contributed by atoms with Gasteiger partial charge in [0.25, 0.3) is 5.91 Å². The van der Waals surface area contributed by atoms with Crippen molar-refractivity contribution in [3.63, 3.8) is 0 Å². The average molecular weight is 304 g/mol. The van der Waals surface area contributed by atoms with Crippen molar-refractivity contribution in [3.05, 3.63) is 34.7 Å². The predicted octanol–water partition coefficient (Wildman–Crippen LogP) is 3.36. The molecular formula is C15H20N4OS. The smallest absolute Gasteiger partial charge is 0.269 e. The first-order valence-electron chi connectivity index (χ1n) is 7.04. The zero-order chi connectivity index (χ0) is 15.2. The lowest BCUT2D eigenvalue weighted by Crippen LogP contribution is -2.12. The minimum Gasteiger partial charge on any atom is -0.382 e. The Labute approximate surface area is 128 Å². The number of amides is 1. The molecule has 21 heavy (non-hydrogen) atoms. The summed E-state index contributed by atoms with van der Waals surface area (Å²) in [7, 11) is 0. The van der Waals surface area contributed by atoms with Crippen molar-refractivity contribution >= 4 is 33.9 Å². The molecule has 1 heterocycles. The Bertz CT molecular complexity index is 607. The van der Waals surface area contributed by atoms with Crippen LogP contribution < -0.4 is 16.4 Å². The van der Waals surface area contributed by atoms with E-state index in [1.54, 1.807) is 0 Å². The summed E-state index contributed by atoms with van der Waals surface area (Å²) in [6.45, 7) is 4.85. The van der Waals surface area contributed by atoms with Crippen LogP contribution in [0.15, 0.2) is 24.3 Å². The Hall–Kier alpha value is -2.08. The second-order valence-corrected chi connectivity index (χ2v) is 5.66. The Balaban J connectivity index is 2.06. The van der Waals surface area contributed by atoms with Crippen molar-refractivity contribution in [2.75, 3.05) is 22.9 Å². The fourth-order valence-corrected chi connectivity index (χ4v) is 2.80. The number of hydrogen-bond acceptors (Lipinski definition) is 5. The number of nitrogens with one attached hydrogen (secondary N) is 2. The maximum Gasteiger partial charge on any atom is 0.269 e. The van der Waals surface area contributed by atoms with Crippen LogP contribution >= 0.6 is 11.3 Å². The van der Waals surface area contributed by atoms with Crippen molar-refractivity contribution in [1.29, 1.82) is 0 Å². The van der Waals surface area contributed by atoms with Crippen LogP contribution in [0.3, 0.4) is 0 Å². The zero-order valence-electron chi connectivity index (χ0n) is 12.3. The van der Waals surface area contributed by atoms with E-state index in [1.807, 2.05) is 31.2 Å². The highest BCUT2D eigenvalue weighted by molar-refractivity contribution is 7.18. The summed E-state index contributed by atoms with van der Waals surface area (Å²) >= 11 is 1.26. The van der Waals surface area contributed by atoms with Gasteiger partial charge < -0.3 is 16.4 Å². The molecular weight excluding hydrogens is 284 g/mol. The molecule has 4 N–H and O–H groups in total. The van der Waals surface area contributed by atoms with Crippen LogP contribution in [-0.2, 0) is 6.42 Å². The molecule has 0 saturated carbocycles. The molecule has 1 aromatic carbocycles. The number of nitrogen functional groups attached to an aromatic ring is 1. The van der Waals surface area contributed by atoms with E-state index in [2.05, 4.69) is 22.5 Å². The van der Waals surface area contributed by atoms with Gasteiger partial charge >= 0.3 is 0 Å². The highest BCUT2D eigenvalue weighted by Gasteiger charge is 2.16. The summed E-state index contributed by atoms with van der Waals surface area (Å²) in [6, 6.07) is 7.87. The van der Waals surface area contributed by atoms with Crippen LogP contribution in [0.5, 0.6) is 0 Å². The molecule has 0 unspecified atom stereocenters. The maximum absolute atomic E-state index is 12.2. The van der Waals surface area contributed by atoms with Crippen LogP contribution in [-0.4, -0.2) is 17.4 Å². The molecule has 0 saturated heterocycles. The first-order valence-corrected chi connectivity index (χ1v) is 7.86. The van der Waals surface area contributed by atoms with Gasteiger partial charge in [0.2, 0.25) is 0 Å². The van der Waals surface area contributed by atoms with E-state index in [0.29, 0.717) is 10.0 Å². The van der Waals surface area contributed by atoms with Gasteiger partial charge in [0, 0.05) is 12.2 Å². The number of nitrogens with zero attached hydrogens (tertiary/aromatic N) is 1. The molecule has 1 aromatic heterocycles. The minimum atomic E-state index is -0.225. The number of benzene rings is 1. The summed E-state index contributed by atoms with van der Waals surface area (Å²) in [5, 5.41) is 6.57. The van der Waals surface area contributed by atoms with Crippen molar-refractivity contribution in [2.24, 2.45) is 0 Å². The van der Waals surface area contributed by atoms with E-state index < -0.39 is 0 Å². The number of rotatable bonds is 6. The Kier molecular flexibility index (Phi) is 5.16. The highest BCUT2D eigenvalue weighted by atomic mass is 32.1. The monoisotopic (exact) mass is 304 g/mol.